The summed E-state index contributed by atoms with van der Waals surface area (Å²) in [6.45, 7) is 0.989. The number of aromatic nitrogens is 2. The normalized spacial score (nSPS) is 13.1. The topological polar surface area (TPSA) is 72.8 Å². The van der Waals surface area contributed by atoms with E-state index in [0.717, 1.165) is 18.5 Å². The molecule has 0 bridgehead atoms. The second-order valence-electron chi connectivity index (χ2n) is 4.93. The number of benzene rings is 1. The van der Waals surface area contributed by atoms with Crippen LogP contribution in [0.25, 0.3) is 11.3 Å². The molecule has 0 amide bonds. The molecule has 3 rings (SSSR count). The second kappa shape index (κ2) is 5.26. The first-order valence-corrected chi connectivity index (χ1v) is 7.79. The van der Waals surface area contributed by atoms with E-state index in [9.17, 15) is 10.1 Å². The third-order valence-corrected chi connectivity index (χ3v) is 4.26. The molecule has 0 radical (unpaired) electrons. The van der Waals surface area contributed by atoms with Gasteiger partial charge in [0.2, 0.25) is 0 Å². The molecule has 0 unspecified atom stereocenters. The van der Waals surface area contributed by atoms with Crippen LogP contribution in [0.4, 0.5) is 5.69 Å². The van der Waals surface area contributed by atoms with E-state index in [4.69, 9.17) is 0 Å². The van der Waals surface area contributed by atoms with Crippen LogP contribution in [-0.2, 0) is 6.42 Å². The molecule has 0 aliphatic carbocycles. The quantitative estimate of drug-likeness (QED) is 0.678. The number of likely N-dealkylation sites (N-methyl/N-ethyl adjacent to an activating group) is 1. The van der Waals surface area contributed by atoms with Crippen molar-refractivity contribution in [1.29, 1.82) is 5.26 Å². The predicted molar refractivity (Wildman–Crippen MR) is 83.8 cm³/mol. The highest BCUT2D eigenvalue weighted by atomic mass is 32.2. The molecule has 0 atom stereocenters. The van der Waals surface area contributed by atoms with Gasteiger partial charge in [-0.2, -0.15) is 5.26 Å². The maximum atomic E-state index is 12.0. The SMILES string of the molecule is CSc1nc(-c2ccc3c(c2)CCN3C)c(C#N)c(=O)[nH]1. The number of aromatic amines is 1. The van der Waals surface area contributed by atoms with Crippen molar-refractivity contribution in [2.24, 2.45) is 0 Å². The number of rotatable bonds is 2. The summed E-state index contributed by atoms with van der Waals surface area (Å²) < 4.78 is 0. The lowest BCUT2D eigenvalue weighted by Crippen LogP contribution is -2.14. The summed E-state index contributed by atoms with van der Waals surface area (Å²) in [5.74, 6) is 0. The van der Waals surface area contributed by atoms with E-state index in [0.29, 0.717) is 10.9 Å². The molecule has 6 heteroatoms. The first-order chi connectivity index (χ1) is 10.1. The van der Waals surface area contributed by atoms with Gasteiger partial charge in [0, 0.05) is 24.8 Å². The predicted octanol–water partition coefficient (Wildman–Crippen LogP) is 2.02. The van der Waals surface area contributed by atoms with Crippen molar-refractivity contribution in [3.63, 3.8) is 0 Å². The Morgan fingerprint density at radius 3 is 3.00 bits per heavy atom. The average molecular weight is 298 g/mol. The van der Waals surface area contributed by atoms with Gasteiger partial charge in [0.05, 0.1) is 5.69 Å². The van der Waals surface area contributed by atoms with Crippen molar-refractivity contribution in [2.75, 3.05) is 24.7 Å². The largest absolute Gasteiger partial charge is 0.374 e. The summed E-state index contributed by atoms with van der Waals surface area (Å²) in [6, 6.07) is 7.95. The molecule has 0 saturated carbocycles. The van der Waals surface area contributed by atoms with Crippen LogP contribution in [0.3, 0.4) is 0 Å². The smallest absolute Gasteiger partial charge is 0.270 e. The highest BCUT2D eigenvalue weighted by molar-refractivity contribution is 7.98. The van der Waals surface area contributed by atoms with E-state index in [1.807, 2.05) is 30.5 Å². The van der Waals surface area contributed by atoms with Crippen molar-refractivity contribution >= 4 is 17.4 Å². The molecule has 0 saturated heterocycles. The van der Waals surface area contributed by atoms with Gasteiger partial charge in [-0.1, -0.05) is 17.8 Å². The van der Waals surface area contributed by atoms with Gasteiger partial charge in [-0.05, 0) is 30.4 Å². The van der Waals surface area contributed by atoms with E-state index in [1.54, 1.807) is 0 Å². The van der Waals surface area contributed by atoms with Gasteiger partial charge >= 0.3 is 0 Å². The molecular weight excluding hydrogens is 284 g/mol. The first kappa shape index (κ1) is 13.7. The molecule has 1 N–H and O–H groups in total. The minimum Gasteiger partial charge on any atom is -0.374 e. The maximum absolute atomic E-state index is 12.0. The number of nitrogens with one attached hydrogen (secondary N) is 1. The number of hydrogen-bond donors (Lipinski definition) is 1. The molecule has 0 spiro atoms. The van der Waals surface area contributed by atoms with E-state index in [1.165, 1.54) is 23.0 Å². The van der Waals surface area contributed by atoms with Gasteiger partial charge in [-0.25, -0.2) is 4.98 Å². The van der Waals surface area contributed by atoms with Crippen molar-refractivity contribution in [1.82, 2.24) is 9.97 Å². The number of nitriles is 1. The molecule has 1 aliphatic heterocycles. The Morgan fingerprint density at radius 2 is 2.29 bits per heavy atom. The van der Waals surface area contributed by atoms with Gasteiger partial charge in [0.25, 0.3) is 5.56 Å². The zero-order chi connectivity index (χ0) is 15.0. The molecule has 0 fully saturated rings. The molecule has 106 valence electrons. The number of anilines is 1. The van der Waals surface area contributed by atoms with Gasteiger partial charge < -0.3 is 9.88 Å². The number of hydrogen-bond acceptors (Lipinski definition) is 5. The average Bonchev–Trinajstić information content (AvgIpc) is 2.87. The standard InChI is InChI=1S/C15H14N4OS/c1-19-6-5-9-7-10(3-4-12(9)19)13-11(8-16)14(20)18-15(17-13)21-2/h3-4,7H,5-6H2,1-2H3,(H,17,18,20). The van der Waals surface area contributed by atoms with Crippen LogP contribution in [0, 0.1) is 11.3 Å². The van der Waals surface area contributed by atoms with E-state index < -0.39 is 0 Å². The summed E-state index contributed by atoms with van der Waals surface area (Å²) >= 11 is 1.35. The number of thioether (sulfide) groups is 1. The van der Waals surface area contributed by atoms with Crippen molar-refractivity contribution in [3.8, 4) is 17.3 Å². The minimum absolute atomic E-state index is 0.0686. The Bertz CT molecular complexity index is 806. The number of nitrogens with zero attached hydrogens (tertiary/aromatic N) is 3. The van der Waals surface area contributed by atoms with Crippen LogP contribution < -0.4 is 10.5 Å². The van der Waals surface area contributed by atoms with Crippen LogP contribution in [0.5, 0.6) is 0 Å². The van der Waals surface area contributed by atoms with Gasteiger partial charge in [-0.15, -0.1) is 0 Å². The lowest BCUT2D eigenvalue weighted by atomic mass is 10.0. The lowest BCUT2D eigenvalue weighted by Gasteiger charge is -2.12. The first-order valence-electron chi connectivity index (χ1n) is 6.57. The van der Waals surface area contributed by atoms with Crippen LogP contribution in [0.1, 0.15) is 11.1 Å². The highest BCUT2D eigenvalue weighted by Crippen LogP contribution is 2.31. The minimum atomic E-state index is -0.385. The van der Waals surface area contributed by atoms with Crippen LogP contribution >= 0.6 is 11.8 Å². The van der Waals surface area contributed by atoms with Gasteiger partial charge in [0.1, 0.15) is 11.6 Å². The molecule has 1 aliphatic rings. The Hall–Kier alpha value is -2.26. The fourth-order valence-electron chi connectivity index (χ4n) is 2.58. The summed E-state index contributed by atoms with van der Waals surface area (Å²) in [7, 11) is 2.06. The molecule has 2 heterocycles. The monoisotopic (exact) mass is 298 g/mol. The maximum Gasteiger partial charge on any atom is 0.270 e. The summed E-state index contributed by atoms with van der Waals surface area (Å²) in [6.07, 6.45) is 2.81. The van der Waals surface area contributed by atoms with Crippen LogP contribution in [0.15, 0.2) is 28.2 Å². The Kier molecular flexibility index (Phi) is 3.43. The molecular formula is C15H14N4OS. The summed E-state index contributed by atoms with van der Waals surface area (Å²) in [5.41, 5.74) is 3.40. The molecule has 5 nitrogen and oxygen atoms in total. The van der Waals surface area contributed by atoms with Crippen LogP contribution in [-0.4, -0.2) is 29.8 Å². The van der Waals surface area contributed by atoms with Crippen molar-refractivity contribution in [3.05, 3.63) is 39.7 Å². The molecule has 2 aromatic rings. The molecule has 1 aromatic heterocycles. The van der Waals surface area contributed by atoms with Crippen molar-refractivity contribution < 1.29 is 0 Å². The van der Waals surface area contributed by atoms with Crippen molar-refractivity contribution in [2.45, 2.75) is 11.6 Å². The number of fused-ring (bicyclic) bond motifs is 1. The Labute approximate surface area is 126 Å². The lowest BCUT2D eigenvalue weighted by molar-refractivity contribution is 0.937. The summed E-state index contributed by atoms with van der Waals surface area (Å²) in [4.78, 5) is 21.2. The third kappa shape index (κ3) is 2.30. The fraction of sp³-hybridized carbons (Fsp3) is 0.267. The summed E-state index contributed by atoms with van der Waals surface area (Å²) in [5, 5.41) is 9.75. The second-order valence-corrected chi connectivity index (χ2v) is 5.72. The highest BCUT2D eigenvalue weighted by Gasteiger charge is 2.19. The number of H-pyrrole nitrogens is 1. The fourth-order valence-corrected chi connectivity index (χ4v) is 2.95. The van der Waals surface area contributed by atoms with Crippen LogP contribution in [0.2, 0.25) is 0 Å². The molecule has 1 aromatic carbocycles. The zero-order valence-corrected chi connectivity index (χ0v) is 12.6. The third-order valence-electron chi connectivity index (χ3n) is 3.68. The van der Waals surface area contributed by atoms with E-state index in [2.05, 4.69) is 21.9 Å². The van der Waals surface area contributed by atoms with Gasteiger partial charge in [-0.3, -0.25) is 4.79 Å². The zero-order valence-electron chi connectivity index (χ0n) is 11.8. The van der Waals surface area contributed by atoms with E-state index in [-0.39, 0.29) is 11.1 Å². The van der Waals surface area contributed by atoms with E-state index >= 15 is 0 Å². The Morgan fingerprint density at radius 1 is 1.48 bits per heavy atom. The Balaban J connectivity index is 2.19. The molecule has 21 heavy (non-hydrogen) atoms. The van der Waals surface area contributed by atoms with Gasteiger partial charge in [0.15, 0.2) is 5.16 Å².